The molecule has 1 aliphatic heterocycles. The summed E-state index contributed by atoms with van der Waals surface area (Å²) in [7, 11) is 0. The van der Waals surface area contributed by atoms with E-state index < -0.39 is 12.2 Å². The van der Waals surface area contributed by atoms with Crippen molar-refractivity contribution in [3.63, 3.8) is 0 Å². The van der Waals surface area contributed by atoms with Crippen LogP contribution in [0.15, 0.2) is 35.5 Å². The summed E-state index contributed by atoms with van der Waals surface area (Å²) in [4.78, 5) is 2.62. The van der Waals surface area contributed by atoms with Crippen molar-refractivity contribution in [3.8, 4) is 0 Å². The first-order chi connectivity index (χ1) is 15.3. The Kier molecular flexibility index (Phi) is 7.66. The predicted molar refractivity (Wildman–Crippen MR) is 130 cm³/mol. The average molecular weight is 444 g/mol. The first-order valence-electron chi connectivity index (χ1n) is 13.1. The van der Waals surface area contributed by atoms with Gasteiger partial charge in [-0.25, -0.2) is 0 Å². The molecular formula is C28H45NO3. The van der Waals surface area contributed by atoms with Gasteiger partial charge in [0.15, 0.2) is 0 Å². The van der Waals surface area contributed by atoms with Gasteiger partial charge in [0, 0.05) is 19.0 Å². The minimum Gasteiger partial charge on any atom is -0.393 e. The molecule has 3 saturated carbocycles. The molecule has 4 rings (SSSR count). The van der Waals surface area contributed by atoms with E-state index >= 15 is 0 Å². The fraction of sp³-hybridized carbons (Fsp3) is 0.786. The molecule has 0 amide bonds. The van der Waals surface area contributed by atoms with Crippen LogP contribution >= 0.6 is 0 Å². The zero-order valence-corrected chi connectivity index (χ0v) is 20.6. The van der Waals surface area contributed by atoms with Crippen molar-refractivity contribution in [2.45, 2.75) is 90.4 Å². The van der Waals surface area contributed by atoms with Gasteiger partial charge in [-0.15, -0.1) is 0 Å². The van der Waals surface area contributed by atoms with Crippen LogP contribution in [0.4, 0.5) is 0 Å². The second kappa shape index (κ2) is 10.1. The Bertz CT molecular complexity index is 743. The molecule has 0 aromatic carbocycles. The molecule has 32 heavy (non-hydrogen) atoms. The number of hydrogen-bond donors (Lipinski definition) is 2. The molecule has 0 aromatic heterocycles. The summed E-state index contributed by atoms with van der Waals surface area (Å²) >= 11 is 0. The molecule has 4 aliphatic rings. The number of fused-ring (bicyclic) bond motifs is 1. The Balaban J connectivity index is 1.43. The quantitative estimate of drug-likeness (QED) is 0.636. The molecule has 2 N–H and O–H groups in total. The summed E-state index contributed by atoms with van der Waals surface area (Å²) in [6, 6.07) is 0.548. The van der Waals surface area contributed by atoms with Gasteiger partial charge in [0.05, 0.1) is 25.4 Å². The number of hydrogen-bond acceptors (Lipinski definition) is 4. The number of morpholine rings is 1. The monoisotopic (exact) mass is 443 g/mol. The average Bonchev–Trinajstić information content (AvgIpc) is 3.12. The van der Waals surface area contributed by atoms with Crippen molar-refractivity contribution in [1.29, 1.82) is 0 Å². The second-order valence-corrected chi connectivity index (χ2v) is 11.4. The van der Waals surface area contributed by atoms with Gasteiger partial charge in [0.2, 0.25) is 0 Å². The van der Waals surface area contributed by atoms with E-state index in [0.29, 0.717) is 30.2 Å². The first kappa shape index (κ1) is 24.2. The summed E-state index contributed by atoms with van der Waals surface area (Å²) in [5.74, 6) is 2.23. The maximum absolute atomic E-state index is 10.2. The Morgan fingerprint density at radius 2 is 2.09 bits per heavy atom. The predicted octanol–water partition coefficient (Wildman–Crippen LogP) is 4.87. The Hall–Kier alpha value is -0.940. The van der Waals surface area contributed by atoms with Gasteiger partial charge in [0.25, 0.3) is 0 Å². The largest absolute Gasteiger partial charge is 0.393 e. The van der Waals surface area contributed by atoms with E-state index in [2.05, 4.69) is 44.4 Å². The van der Waals surface area contributed by atoms with E-state index in [4.69, 9.17) is 4.74 Å². The van der Waals surface area contributed by atoms with Crippen molar-refractivity contribution < 1.29 is 14.9 Å². The third kappa shape index (κ3) is 4.94. The molecule has 4 fully saturated rings. The number of aliphatic hydroxyl groups excluding tert-OH is 2. The molecule has 4 nitrogen and oxygen atoms in total. The maximum atomic E-state index is 10.2. The van der Waals surface area contributed by atoms with Gasteiger partial charge in [0.1, 0.15) is 0 Å². The lowest BCUT2D eigenvalue weighted by atomic mass is 9.61. The van der Waals surface area contributed by atoms with Gasteiger partial charge >= 0.3 is 0 Å². The molecule has 180 valence electrons. The lowest BCUT2D eigenvalue weighted by Gasteiger charge is -2.45. The van der Waals surface area contributed by atoms with Crippen LogP contribution in [0.1, 0.15) is 72.1 Å². The minimum atomic E-state index is -0.606. The molecule has 4 heteroatoms. The first-order valence-corrected chi connectivity index (χ1v) is 13.1. The Morgan fingerprint density at radius 1 is 1.28 bits per heavy atom. The van der Waals surface area contributed by atoms with Crippen molar-refractivity contribution >= 4 is 0 Å². The Labute approximate surface area is 195 Å². The van der Waals surface area contributed by atoms with Crippen LogP contribution in [0.25, 0.3) is 0 Å². The standard InChI is InChI=1S/C28H45NO3/c1-19(11-13-29-14-15-32-18-20(29)2)25-9-10-26-22(6-5-12-28(25,26)4)7-8-23-16-24(30)17-27(31)21(23)3/h7-8,19-20,24-27,30-31H,3,5-6,9-18H2,1-2,4H3/b22-7+,23-8+/t19-,20-,24?,25-,26+,27?,28-/m1/s1. The van der Waals surface area contributed by atoms with Crippen molar-refractivity contribution in [3.05, 3.63) is 35.5 Å². The SMILES string of the molecule is C=C1/C(=C/C=C2\CCC[C@]3(C)[C@@H]([C@H](C)CCN4CCOC[C@H]4C)CC[C@@H]23)CC(O)CC1O. The third-order valence-electron chi connectivity index (χ3n) is 9.37. The van der Waals surface area contributed by atoms with Crippen LogP contribution in [-0.2, 0) is 4.74 Å². The van der Waals surface area contributed by atoms with Gasteiger partial charge in [-0.1, -0.05) is 38.2 Å². The summed E-state index contributed by atoms with van der Waals surface area (Å²) in [6.45, 7) is 15.5. The molecule has 0 radical (unpaired) electrons. The van der Waals surface area contributed by atoms with Crippen molar-refractivity contribution in [2.24, 2.45) is 23.2 Å². The number of allylic oxidation sites excluding steroid dienone is 3. The van der Waals surface area contributed by atoms with E-state index in [1.54, 1.807) is 5.57 Å². The molecule has 7 atom stereocenters. The normalized spacial score (nSPS) is 42.4. The number of nitrogens with zero attached hydrogens (tertiary/aromatic N) is 1. The zero-order valence-electron chi connectivity index (χ0n) is 20.6. The van der Waals surface area contributed by atoms with Gasteiger partial charge < -0.3 is 14.9 Å². The van der Waals surface area contributed by atoms with Crippen LogP contribution in [0.2, 0.25) is 0 Å². The molecule has 1 saturated heterocycles. The minimum absolute atomic E-state index is 0.404. The van der Waals surface area contributed by atoms with Crippen molar-refractivity contribution in [1.82, 2.24) is 4.90 Å². The van der Waals surface area contributed by atoms with Crippen molar-refractivity contribution in [2.75, 3.05) is 26.3 Å². The van der Waals surface area contributed by atoms with Gasteiger partial charge in [-0.3, -0.25) is 4.90 Å². The Morgan fingerprint density at radius 3 is 2.88 bits per heavy atom. The van der Waals surface area contributed by atoms with Gasteiger partial charge in [-0.2, -0.15) is 0 Å². The summed E-state index contributed by atoms with van der Waals surface area (Å²) < 4.78 is 5.62. The molecule has 0 bridgehead atoms. The van der Waals surface area contributed by atoms with E-state index in [-0.39, 0.29) is 0 Å². The highest BCUT2D eigenvalue weighted by Gasteiger charge is 2.50. The second-order valence-electron chi connectivity index (χ2n) is 11.4. The molecule has 0 aromatic rings. The molecule has 1 heterocycles. The van der Waals surface area contributed by atoms with Gasteiger partial charge in [-0.05, 0) is 92.7 Å². The summed E-state index contributed by atoms with van der Waals surface area (Å²) in [5, 5.41) is 20.3. The third-order valence-corrected chi connectivity index (χ3v) is 9.37. The fourth-order valence-electron chi connectivity index (χ4n) is 7.34. The lowest BCUT2D eigenvalue weighted by Crippen LogP contribution is -2.45. The summed E-state index contributed by atoms with van der Waals surface area (Å²) in [5.41, 5.74) is 3.81. The van der Waals surface area contributed by atoms with Crippen LogP contribution in [0.3, 0.4) is 0 Å². The number of ether oxygens (including phenoxy) is 1. The fourth-order valence-corrected chi connectivity index (χ4v) is 7.34. The summed E-state index contributed by atoms with van der Waals surface area (Å²) in [6.07, 6.45) is 12.2. The van der Waals surface area contributed by atoms with E-state index in [0.717, 1.165) is 42.7 Å². The van der Waals surface area contributed by atoms with Crippen LogP contribution in [0.5, 0.6) is 0 Å². The molecule has 2 unspecified atom stereocenters. The highest BCUT2D eigenvalue weighted by molar-refractivity contribution is 5.38. The zero-order chi connectivity index (χ0) is 22.9. The lowest BCUT2D eigenvalue weighted by molar-refractivity contribution is -0.00570. The maximum Gasteiger partial charge on any atom is 0.0811 e. The van der Waals surface area contributed by atoms with E-state index in [1.807, 2.05) is 0 Å². The van der Waals surface area contributed by atoms with Crippen LogP contribution in [0, 0.1) is 23.2 Å². The molecular weight excluding hydrogens is 398 g/mol. The molecule has 0 spiro atoms. The smallest absolute Gasteiger partial charge is 0.0811 e. The highest BCUT2D eigenvalue weighted by Crippen LogP contribution is 2.59. The van der Waals surface area contributed by atoms with E-state index in [9.17, 15) is 10.2 Å². The van der Waals surface area contributed by atoms with E-state index in [1.165, 1.54) is 45.1 Å². The van der Waals surface area contributed by atoms with Crippen LogP contribution in [-0.4, -0.2) is 59.7 Å². The molecule has 3 aliphatic carbocycles. The number of rotatable bonds is 5. The highest BCUT2D eigenvalue weighted by atomic mass is 16.5. The van der Waals surface area contributed by atoms with Crippen LogP contribution < -0.4 is 0 Å². The number of aliphatic hydroxyl groups is 2. The topological polar surface area (TPSA) is 52.9 Å².